The molecule has 1 aliphatic rings. The van der Waals surface area contributed by atoms with Crippen molar-refractivity contribution in [2.45, 2.75) is 19.4 Å². The fraction of sp³-hybridized carbons (Fsp3) is 1.00. The third-order valence-electron chi connectivity index (χ3n) is 1.99. The summed E-state index contributed by atoms with van der Waals surface area (Å²) in [5, 5.41) is 8.53. The van der Waals surface area contributed by atoms with E-state index in [1.54, 1.807) is 0 Å². The van der Waals surface area contributed by atoms with Gasteiger partial charge >= 0.3 is 0 Å². The molecule has 1 rings (SSSR count). The smallest absolute Gasteiger partial charge is 0.0701 e. The monoisotopic (exact) mass is 160 g/mol. The first-order chi connectivity index (χ1) is 5.34. The van der Waals surface area contributed by atoms with Gasteiger partial charge in [-0.3, -0.25) is 0 Å². The fourth-order valence-electron chi connectivity index (χ4n) is 1.31. The maximum Gasteiger partial charge on any atom is 0.0701 e. The molecule has 2 atom stereocenters. The minimum Gasteiger partial charge on any atom is -0.394 e. The van der Waals surface area contributed by atoms with Gasteiger partial charge in [0.05, 0.1) is 25.9 Å². The average molecular weight is 160 g/mol. The maximum absolute atomic E-state index is 8.53. The van der Waals surface area contributed by atoms with E-state index in [-0.39, 0.29) is 12.7 Å². The van der Waals surface area contributed by atoms with Crippen molar-refractivity contribution in [3.63, 3.8) is 0 Å². The van der Waals surface area contributed by atoms with Crippen LogP contribution in [0.15, 0.2) is 0 Å². The molecule has 0 aromatic carbocycles. The Hall–Kier alpha value is -0.120. The Labute approximate surface area is 67.3 Å². The normalized spacial score (nSPS) is 32.2. The van der Waals surface area contributed by atoms with Crippen LogP contribution in [0, 0.1) is 5.92 Å². The van der Waals surface area contributed by atoms with E-state index in [0.29, 0.717) is 12.5 Å². The molecule has 3 nitrogen and oxygen atoms in total. The summed E-state index contributed by atoms with van der Waals surface area (Å²) in [5.74, 6) is 0.468. The average Bonchev–Trinajstić information content (AvgIpc) is 2.03. The first-order valence-corrected chi connectivity index (χ1v) is 4.15. The van der Waals surface area contributed by atoms with Gasteiger partial charge in [0.15, 0.2) is 0 Å². The summed E-state index contributed by atoms with van der Waals surface area (Å²) in [4.78, 5) is 0. The van der Waals surface area contributed by atoms with Gasteiger partial charge in [0, 0.05) is 12.5 Å². The standard InChI is InChI=1S/C8H16O3/c1-7-6-10-4-2-8(7)11-5-3-9/h7-9H,2-6H2,1H3/t7-,8?/m0/s1. The predicted molar refractivity (Wildman–Crippen MR) is 41.4 cm³/mol. The molecule has 11 heavy (non-hydrogen) atoms. The van der Waals surface area contributed by atoms with E-state index in [2.05, 4.69) is 6.92 Å². The van der Waals surface area contributed by atoms with Gasteiger partial charge in [0.2, 0.25) is 0 Å². The molecule has 66 valence electrons. The van der Waals surface area contributed by atoms with Crippen LogP contribution in [0.3, 0.4) is 0 Å². The topological polar surface area (TPSA) is 38.7 Å². The van der Waals surface area contributed by atoms with E-state index >= 15 is 0 Å². The lowest BCUT2D eigenvalue weighted by molar-refractivity contribution is -0.0747. The number of aliphatic hydroxyl groups excluding tert-OH is 1. The predicted octanol–water partition coefficient (Wildman–Crippen LogP) is 0.420. The summed E-state index contributed by atoms with van der Waals surface area (Å²) >= 11 is 0. The van der Waals surface area contributed by atoms with Gasteiger partial charge < -0.3 is 14.6 Å². The van der Waals surface area contributed by atoms with Gasteiger partial charge in [-0.25, -0.2) is 0 Å². The van der Waals surface area contributed by atoms with Crippen molar-refractivity contribution >= 4 is 0 Å². The summed E-state index contributed by atoms with van der Waals surface area (Å²) in [6, 6.07) is 0. The van der Waals surface area contributed by atoms with Crippen LogP contribution in [0.4, 0.5) is 0 Å². The molecular formula is C8H16O3. The van der Waals surface area contributed by atoms with E-state index in [1.165, 1.54) is 0 Å². The molecule has 1 fully saturated rings. The van der Waals surface area contributed by atoms with Crippen LogP contribution in [0.5, 0.6) is 0 Å². The quantitative estimate of drug-likeness (QED) is 0.650. The zero-order valence-electron chi connectivity index (χ0n) is 6.95. The van der Waals surface area contributed by atoms with Crippen LogP contribution in [0.2, 0.25) is 0 Å². The van der Waals surface area contributed by atoms with Gasteiger partial charge in [0.25, 0.3) is 0 Å². The van der Waals surface area contributed by atoms with Gasteiger partial charge in [-0.05, 0) is 6.42 Å². The van der Waals surface area contributed by atoms with Crippen LogP contribution in [0.25, 0.3) is 0 Å². The Bertz CT molecular complexity index is 106. The minimum atomic E-state index is 0.115. The molecule has 0 bridgehead atoms. The van der Waals surface area contributed by atoms with Crippen molar-refractivity contribution in [1.82, 2.24) is 0 Å². The zero-order chi connectivity index (χ0) is 8.10. The van der Waals surface area contributed by atoms with Crippen LogP contribution in [-0.4, -0.2) is 37.6 Å². The zero-order valence-corrected chi connectivity index (χ0v) is 6.95. The molecule has 0 saturated carbocycles. The highest BCUT2D eigenvalue weighted by atomic mass is 16.5. The number of hydrogen-bond acceptors (Lipinski definition) is 3. The molecule has 3 heteroatoms. The maximum atomic E-state index is 8.53. The minimum absolute atomic E-state index is 0.115. The van der Waals surface area contributed by atoms with Gasteiger partial charge in [0.1, 0.15) is 0 Å². The molecule has 1 aliphatic heterocycles. The number of ether oxygens (including phenoxy) is 2. The Balaban J connectivity index is 2.18. The lowest BCUT2D eigenvalue weighted by Gasteiger charge is -2.28. The van der Waals surface area contributed by atoms with E-state index in [0.717, 1.165) is 19.6 Å². The molecular weight excluding hydrogens is 144 g/mol. The SMILES string of the molecule is C[C@H]1COCCC1OCCO. The van der Waals surface area contributed by atoms with Gasteiger partial charge in [-0.1, -0.05) is 6.92 Å². The Morgan fingerprint density at radius 3 is 3.09 bits per heavy atom. The molecule has 1 heterocycles. The second-order valence-electron chi connectivity index (χ2n) is 2.97. The molecule has 0 aromatic heterocycles. The Morgan fingerprint density at radius 2 is 2.45 bits per heavy atom. The van der Waals surface area contributed by atoms with Crippen molar-refractivity contribution in [2.24, 2.45) is 5.92 Å². The van der Waals surface area contributed by atoms with Gasteiger partial charge in [-0.15, -0.1) is 0 Å². The summed E-state index contributed by atoms with van der Waals surface area (Å²) in [7, 11) is 0. The van der Waals surface area contributed by atoms with E-state index < -0.39 is 0 Å². The van der Waals surface area contributed by atoms with Crippen molar-refractivity contribution < 1.29 is 14.6 Å². The largest absolute Gasteiger partial charge is 0.394 e. The Kier molecular flexibility index (Phi) is 3.83. The summed E-state index contributed by atoms with van der Waals surface area (Å²) in [6.07, 6.45) is 1.25. The highest BCUT2D eigenvalue weighted by Gasteiger charge is 2.21. The third-order valence-corrected chi connectivity index (χ3v) is 1.99. The van der Waals surface area contributed by atoms with E-state index in [9.17, 15) is 0 Å². The number of aliphatic hydroxyl groups is 1. The van der Waals surface area contributed by atoms with Crippen molar-refractivity contribution in [3.05, 3.63) is 0 Å². The molecule has 0 spiro atoms. The van der Waals surface area contributed by atoms with Crippen LogP contribution in [-0.2, 0) is 9.47 Å². The van der Waals surface area contributed by atoms with Crippen molar-refractivity contribution in [3.8, 4) is 0 Å². The van der Waals surface area contributed by atoms with Crippen molar-refractivity contribution in [2.75, 3.05) is 26.4 Å². The highest BCUT2D eigenvalue weighted by molar-refractivity contribution is 4.69. The molecule has 0 amide bonds. The molecule has 1 saturated heterocycles. The van der Waals surface area contributed by atoms with Crippen LogP contribution >= 0.6 is 0 Å². The third kappa shape index (κ3) is 2.77. The van der Waals surface area contributed by atoms with E-state index in [1.807, 2.05) is 0 Å². The molecule has 0 aliphatic carbocycles. The van der Waals surface area contributed by atoms with Crippen LogP contribution < -0.4 is 0 Å². The Morgan fingerprint density at radius 1 is 1.64 bits per heavy atom. The molecule has 0 aromatic rings. The first-order valence-electron chi connectivity index (χ1n) is 4.15. The summed E-state index contributed by atoms with van der Waals surface area (Å²) < 4.78 is 10.7. The van der Waals surface area contributed by atoms with Gasteiger partial charge in [-0.2, -0.15) is 0 Å². The second-order valence-corrected chi connectivity index (χ2v) is 2.97. The summed E-state index contributed by atoms with van der Waals surface area (Å²) in [5.41, 5.74) is 0. The highest BCUT2D eigenvalue weighted by Crippen LogP contribution is 2.16. The second kappa shape index (κ2) is 4.70. The molecule has 1 N–H and O–H groups in total. The lowest BCUT2D eigenvalue weighted by atomic mass is 10.0. The van der Waals surface area contributed by atoms with Crippen molar-refractivity contribution in [1.29, 1.82) is 0 Å². The fourth-order valence-corrected chi connectivity index (χ4v) is 1.31. The lowest BCUT2D eigenvalue weighted by Crippen LogP contribution is -2.32. The number of hydrogen-bond donors (Lipinski definition) is 1. The van der Waals surface area contributed by atoms with Crippen LogP contribution in [0.1, 0.15) is 13.3 Å². The first kappa shape index (κ1) is 8.97. The molecule has 1 unspecified atom stereocenters. The molecule has 0 radical (unpaired) electrons. The van der Waals surface area contributed by atoms with E-state index in [4.69, 9.17) is 14.6 Å². The number of rotatable bonds is 3. The summed E-state index contributed by atoms with van der Waals surface area (Å²) in [6.45, 7) is 4.26.